The smallest absolute Gasteiger partial charge is 0.278 e. The zero-order chi connectivity index (χ0) is 17.5. The van der Waals surface area contributed by atoms with E-state index in [2.05, 4.69) is 14.8 Å². The Morgan fingerprint density at radius 3 is 2.62 bits per heavy atom. The number of hydrogen-bond acceptors (Lipinski definition) is 5. The van der Waals surface area contributed by atoms with Gasteiger partial charge < -0.3 is 0 Å². The number of aromatic nitrogens is 3. The number of sulfonamides is 1. The fraction of sp³-hybridized carbons (Fsp3) is 0.375. The van der Waals surface area contributed by atoms with Crippen LogP contribution >= 0.6 is 11.3 Å². The predicted octanol–water partition coefficient (Wildman–Crippen LogP) is 3.59. The zero-order valence-corrected chi connectivity index (χ0v) is 15.7. The van der Waals surface area contributed by atoms with Crippen molar-refractivity contribution in [2.24, 2.45) is 0 Å². The third-order valence-electron chi connectivity index (χ3n) is 3.72. The minimum absolute atomic E-state index is 0.131. The molecule has 128 valence electrons. The van der Waals surface area contributed by atoms with Crippen molar-refractivity contribution in [2.45, 2.75) is 45.1 Å². The van der Waals surface area contributed by atoms with E-state index in [0.717, 1.165) is 10.6 Å². The molecule has 0 aliphatic rings. The van der Waals surface area contributed by atoms with Gasteiger partial charge in [-0.25, -0.2) is 4.98 Å². The molecule has 0 fully saturated rings. The number of para-hydroxylation sites is 1. The van der Waals surface area contributed by atoms with E-state index in [1.807, 2.05) is 39.8 Å². The summed E-state index contributed by atoms with van der Waals surface area (Å²) in [7, 11) is -3.78. The van der Waals surface area contributed by atoms with Crippen molar-refractivity contribution in [3.63, 3.8) is 0 Å². The van der Waals surface area contributed by atoms with Gasteiger partial charge in [-0.05, 0) is 25.0 Å². The number of aryl methyl sites for hydroxylation is 2. The van der Waals surface area contributed by atoms with Crippen molar-refractivity contribution in [1.82, 2.24) is 14.6 Å². The fourth-order valence-corrected chi connectivity index (χ4v) is 4.85. The molecule has 0 aliphatic heterocycles. The summed E-state index contributed by atoms with van der Waals surface area (Å²) in [5.41, 5.74) is 1.96. The first-order valence-corrected chi connectivity index (χ1v) is 10.1. The molecule has 6 nitrogen and oxygen atoms in total. The van der Waals surface area contributed by atoms with Crippen molar-refractivity contribution >= 4 is 32.0 Å². The van der Waals surface area contributed by atoms with Crippen molar-refractivity contribution < 1.29 is 8.42 Å². The largest absolute Gasteiger partial charge is 0.281 e. The Morgan fingerprint density at radius 2 is 2.00 bits per heavy atom. The van der Waals surface area contributed by atoms with Crippen molar-refractivity contribution in [2.75, 3.05) is 4.72 Å². The normalized spacial score (nSPS) is 12.2. The summed E-state index contributed by atoms with van der Waals surface area (Å²) in [6, 6.07) is 7.29. The summed E-state index contributed by atoms with van der Waals surface area (Å²) < 4.78 is 30.1. The van der Waals surface area contributed by atoms with E-state index in [1.54, 1.807) is 12.1 Å². The summed E-state index contributed by atoms with van der Waals surface area (Å²) in [6.07, 6.45) is 0.525. The van der Waals surface area contributed by atoms with Gasteiger partial charge in [0.1, 0.15) is 5.01 Å². The molecule has 0 aliphatic carbocycles. The Bertz CT molecular complexity index is 987. The maximum Gasteiger partial charge on any atom is 0.281 e. The molecule has 2 aromatic heterocycles. The average Bonchev–Trinajstić information content (AvgIpc) is 3.06. The molecule has 3 aromatic rings. The second kappa shape index (κ2) is 6.18. The molecule has 0 saturated carbocycles. The van der Waals surface area contributed by atoms with E-state index in [1.165, 1.54) is 15.9 Å². The Balaban J connectivity index is 2.14. The summed E-state index contributed by atoms with van der Waals surface area (Å²) >= 11 is 1.43. The van der Waals surface area contributed by atoms with Gasteiger partial charge in [0.15, 0.2) is 0 Å². The lowest BCUT2D eigenvalue weighted by molar-refractivity contribution is 0.591. The maximum atomic E-state index is 13.0. The highest BCUT2D eigenvalue weighted by Gasteiger charge is 2.27. The number of hydrogen-bond donors (Lipinski definition) is 1. The van der Waals surface area contributed by atoms with Gasteiger partial charge in [-0.15, -0.1) is 0 Å². The van der Waals surface area contributed by atoms with Crippen LogP contribution in [-0.2, 0) is 16.4 Å². The molecular formula is C16H20N4O2S2. The minimum atomic E-state index is -3.78. The van der Waals surface area contributed by atoms with Crippen LogP contribution in [0, 0.1) is 6.92 Å². The number of rotatable bonds is 5. The summed E-state index contributed by atoms with van der Waals surface area (Å²) in [6.45, 7) is 7.81. The molecule has 0 atom stereocenters. The number of imidazole rings is 1. The maximum absolute atomic E-state index is 13.0. The molecule has 8 heteroatoms. The zero-order valence-electron chi connectivity index (χ0n) is 14.1. The second-order valence-corrected chi connectivity index (χ2v) is 8.51. The van der Waals surface area contributed by atoms with Crippen LogP contribution in [0.4, 0.5) is 5.69 Å². The quantitative estimate of drug-likeness (QED) is 0.751. The standard InChI is InChI=1S/C16H20N4O2S2/c1-5-12-15(20-16(17-12)23-14(18-20)10(2)3)24(21,22)19-13-9-7-6-8-11(13)4/h6-10,19H,5H2,1-4H3. The van der Waals surface area contributed by atoms with Crippen LogP contribution in [0.15, 0.2) is 29.3 Å². The van der Waals surface area contributed by atoms with E-state index in [-0.39, 0.29) is 10.9 Å². The van der Waals surface area contributed by atoms with E-state index >= 15 is 0 Å². The van der Waals surface area contributed by atoms with E-state index in [4.69, 9.17) is 0 Å². The van der Waals surface area contributed by atoms with Crippen LogP contribution in [0.5, 0.6) is 0 Å². The number of fused-ring (bicyclic) bond motifs is 1. The Morgan fingerprint density at radius 1 is 1.29 bits per heavy atom. The van der Waals surface area contributed by atoms with Gasteiger partial charge >= 0.3 is 0 Å². The molecule has 2 heterocycles. The van der Waals surface area contributed by atoms with Crippen LogP contribution in [0.25, 0.3) is 4.96 Å². The van der Waals surface area contributed by atoms with Gasteiger partial charge in [-0.3, -0.25) is 4.72 Å². The lowest BCUT2D eigenvalue weighted by Crippen LogP contribution is -2.18. The summed E-state index contributed by atoms with van der Waals surface area (Å²) in [4.78, 5) is 5.08. The summed E-state index contributed by atoms with van der Waals surface area (Å²) in [5.74, 6) is 0.224. The van der Waals surface area contributed by atoms with Crippen LogP contribution in [0.1, 0.15) is 43.0 Å². The van der Waals surface area contributed by atoms with Gasteiger partial charge in [0.2, 0.25) is 9.99 Å². The van der Waals surface area contributed by atoms with Gasteiger partial charge in [0.05, 0.1) is 11.4 Å². The predicted molar refractivity (Wildman–Crippen MR) is 96.3 cm³/mol. The molecule has 1 N–H and O–H groups in total. The fourth-order valence-electron chi connectivity index (χ4n) is 2.40. The van der Waals surface area contributed by atoms with Crippen molar-refractivity contribution in [3.05, 3.63) is 40.5 Å². The highest BCUT2D eigenvalue weighted by atomic mass is 32.2. The molecule has 24 heavy (non-hydrogen) atoms. The van der Waals surface area contributed by atoms with Gasteiger partial charge in [0, 0.05) is 5.92 Å². The van der Waals surface area contributed by atoms with Gasteiger partial charge in [-0.2, -0.15) is 18.0 Å². The van der Waals surface area contributed by atoms with E-state index in [0.29, 0.717) is 22.8 Å². The van der Waals surface area contributed by atoms with E-state index < -0.39 is 10.0 Å². The first kappa shape index (κ1) is 16.9. The van der Waals surface area contributed by atoms with Crippen LogP contribution in [0.2, 0.25) is 0 Å². The van der Waals surface area contributed by atoms with Crippen molar-refractivity contribution in [3.8, 4) is 0 Å². The van der Waals surface area contributed by atoms with E-state index in [9.17, 15) is 8.42 Å². The number of nitrogens with one attached hydrogen (secondary N) is 1. The highest BCUT2D eigenvalue weighted by Crippen LogP contribution is 2.28. The minimum Gasteiger partial charge on any atom is -0.278 e. The number of anilines is 1. The summed E-state index contributed by atoms with van der Waals surface area (Å²) in [5, 5.41) is 5.46. The first-order chi connectivity index (χ1) is 11.3. The SMILES string of the molecule is CCc1nc2sc(C(C)C)nn2c1S(=O)(=O)Nc1ccccc1C. The monoisotopic (exact) mass is 364 g/mol. The second-order valence-electron chi connectivity index (χ2n) is 5.93. The Hall–Kier alpha value is -1.93. The third kappa shape index (κ3) is 2.91. The molecule has 0 unspecified atom stereocenters. The van der Waals surface area contributed by atoms with Gasteiger partial charge in [-0.1, -0.05) is 50.3 Å². The van der Waals surface area contributed by atoms with Crippen LogP contribution in [-0.4, -0.2) is 23.0 Å². The molecule has 0 spiro atoms. The Labute approximate surface area is 145 Å². The Kier molecular flexibility index (Phi) is 4.35. The number of nitrogens with zero attached hydrogens (tertiary/aromatic N) is 3. The molecule has 3 rings (SSSR count). The van der Waals surface area contributed by atoms with Gasteiger partial charge in [0.25, 0.3) is 10.0 Å². The van der Waals surface area contributed by atoms with Crippen LogP contribution in [0.3, 0.4) is 0 Å². The molecule has 0 bridgehead atoms. The number of benzene rings is 1. The topological polar surface area (TPSA) is 76.4 Å². The third-order valence-corrected chi connectivity index (χ3v) is 6.33. The van der Waals surface area contributed by atoms with Crippen LogP contribution < -0.4 is 4.72 Å². The molecule has 0 amide bonds. The lowest BCUT2D eigenvalue weighted by atomic mass is 10.2. The lowest BCUT2D eigenvalue weighted by Gasteiger charge is -2.10. The molecule has 0 radical (unpaired) electrons. The molecule has 0 saturated heterocycles. The molecule has 1 aromatic carbocycles. The highest BCUT2D eigenvalue weighted by molar-refractivity contribution is 7.92. The first-order valence-electron chi connectivity index (χ1n) is 7.80. The van der Waals surface area contributed by atoms with Crippen molar-refractivity contribution in [1.29, 1.82) is 0 Å². The average molecular weight is 364 g/mol. The molecular weight excluding hydrogens is 344 g/mol.